The van der Waals surface area contributed by atoms with E-state index in [1.807, 2.05) is 18.2 Å². The number of nitrogens with one attached hydrogen (secondary N) is 2. The first kappa shape index (κ1) is 13.6. The molecule has 2 N–H and O–H groups in total. The summed E-state index contributed by atoms with van der Waals surface area (Å²) in [7, 11) is 0. The lowest BCUT2D eigenvalue weighted by Gasteiger charge is -2.10. The number of imidazole rings is 1. The van der Waals surface area contributed by atoms with Gasteiger partial charge in [-0.25, -0.2) is 4.98 Å². The van der Waals surface area contributed by atoms with Crippen LogP contribution in [-0.2, 0) is 0 Å². The van der Waals surface area contributed by atoms with Gasteiger partial charge in [-0.1, -0.05) is 0 Å². The molecule has 0 aliphatic carbocycles. The highest BCUT2D eigenvalue weighted by Gasteiger charge is 2.14. The van der Waals surface area contributed by atoms with Crippen LogP contribution in [0, 0.1) is 0 Å². The van der Waals surface area contributed by atoms with Crippen molar-refractivity contribution in [3.8, 4) is 11.5 Å². The second-order valence-electron chi connectivity index (χ2n) is 5.30. The van der Waals surface area contributed by atoms with Gasteiger partial charge in [0.25, 0.3) is 5.91 Å². The average molecular weight is 309 g/mol. The van der Waals surface area contributed by atoms with E-state index >= 15 is 0 Å². The van der Waals surface area contributed by atoms with Gasteiger partial charge in [-0.05, 0) is 36.4 Å². The number of H-pyrrole nitrogens is 1. The summed E-state index contributed by atoms with van der Waals surface area (Å²) in [6.07, 6.45) is 2.46. The first-order valence-electron chi connectivity index (χ1n) is 7.44. The molecule has 0 saturated carbocycles. The number of benzene rings is 2. The molecule has 2 heterocycles. The number of rotatable bonds is 2. The topological polar surface area (TPSA) is 76.2 Å². The Kier molecular flexibility index (Phi) is 3.34. The Bertz CT molecular complexity index is 872. The van der Waals surface area contributed by atoms with E-state index in [1.54, 1.807) is 24.5 Å². The second kappa shape index (κ2) is 5.64. The number of fused-ring (bicyclic) bond motifs is 2. The predicted octanol–water partition coefficient (Wildman–Crippen LogP) is 2.98. The molecule has 23 heavy (non-hydrogen) atoms. The van der Waals surface area contributed by atoms with Gasteiger partial charge in [-0.3, -0.25) is 4.79 Å². The van der Waals surface area contributed by atoms with Crippen LogP contribution in [0.4, 0.5) is 5.69 Å². The minimum absolute atomic E-state index is 0.195. The van der Waals surface area contributed by atoms with Crippen molar-refractivity contribution in [1.29, 1.82) is 0 Å². The minimum atomic E-state index is -0.195. The zero-order valence-corrected chi connectivity index (χ0v) is 12.3. The highest BCUT2D eigenvalue weighted by atomic mass is 16.5. The third-order valence-corrected chi connectivity index (χ3v) is 3.69. The third-order valence-electron chi connectivity index (χ3n) is 3.69. The monoisotopic (exact) mass is 309 g/mol. The molecule has 0 bridgehead atoms. The van der Waals surface area contributed by atoms with E-state index in [0.717, 1.165) is 17.5 Å². The van der Waals surface area contributed by atoms with Gasteiger partial charge in [-0.15, -0.1) is 0 Å². The summed E-state index contributed by atoms with van der Waals surface area (Å²) in [4.78, 5) is 19.6. The molecule has 0 atom stereocenters. The van der Waals surface area contributed by atoms with Crippen LogP contribution in [-0.4, -0.2) is 29.1 Å². The molecule has 1 aliphatic rings. The van der Waals surface area contributed by atoms with Crippen molar-refractivity contribution >= 4 is 22.6 Å². The van der Waals surface area contributed by atoms with Crippen molar-refractivity contribution in [3.05, 3.63) is 48.3 Å². The van der Waals surface area contributed by atoms with Gasteiger partial charge in [-0.2, -0.15) is 0 Å². The zero-order chi connectivity index (χ0) is 15.6. The number of nitrogens with zero attached hydrogens (tertiary/aromatic N) is 1. The van der Waals surface area contributed by atoms with E-state index in [0.29, 0.717) is 36.0 Å². The van der Waals surface area contributed by atoms with Crippen molar-refractivity contribution in [1.82, 2.24) is 9.97 Å². The summed E-state index contributed by atoms with van der Waals surface area (Å²) in [5.41, 5.74) is 2.97. The number of hydrogen-bond acceptors (Lipinski definition) is 4. The maximum atomic E-state index is 12.4. The molecule has 4 rings (SSSR count). The smallest absolute Gasteiger partial charge is 0.255 e. The molecular weight excluding hydrogens is 294 g/mol. The Morgan fingerprint density at radius 2 is 1.96 bits per heavy atom. The normalized spacial score (nSPS) is 13.6. The zero-order valence-electron chi connectivity index (χ0n) is 12.3. The number of hydrogen-bond donors (Lipinski definition) is 2. The highest BCUT2D eigenvalue weighted by Crippen LogP contribution is 2.30. The predicted molar refractivity (Wildman–Crippen MR) is 86.1 cm³/mol. The standard InChI is InChI=1S/C17H15N3O3/c21-17(20-12-3-4-13-14(9-12)19-10-18-13)11-2-5-15-16(8-11)23-7-1-6-22-15/h2-5,8-10H,1,6-7H2,(H,18,19)(H,20,21). The van der Waals surface area contributed by atoms with E-state index in [1.165, 1.54) is 0 Å². The van der Waals surface area contributed by atoms with Crippen LogP contribution in [0.25, 0.3) is 11.0 Å². The number of carbonyl (C=O) groups is 1. The van der Waals surface area contributed by atoms with Gasteiger partial charge >= 0.3 is 0 Å². The summed E-state index contributed by atoms with van der Waals surface area (Å²) < 4.78 is 11.2. The fourth-order valence-electron chi connectivity index (χ4n) is 2.52. The van der Waals surface area contributed by atoms with Crippen molar-refractivity contribution in [2.45, 2.75) is 6.42 Å². The fraction of sp³-hybridized carbons (Fsp3) is 0.176. The summed E-state index contributed by atoms with van der Waals surface area (Å²) >= 11 is 0. The van der Waals surface area contributed by atoms with Gasteiger partial charge in [0.2, 0.25) is 0 Å². The molecule has 0 spiro atoms. The van der Waals surface area contributed by atoms with Crippen LogP contribution >= 0.6 is 0 Å². The van der Waals surface area contributed by atoms with Crippen LogP contribution in [0.15, 0.2) is 42.7 Å². The molecule has 6 heteroatoms. The van der Waals surface area contributed by atoms with Gasteiger partial charge in [0, 0.05) is 17.7 Å². The van der Waals surface area contributed by atoms with Gasteiger partial charge in [0.15, 0.2) is 11.5 Å². The summed E-state index contributed by atoms with van der Waals surface area (Å²) in [5.74, 6) is 1.09. The average Bonchev–Trinajstić information content (AvgIpc) is 2.90. The van der Waals surface area contributed by atoms with Crippen molar-refractivity contribution in [3.63, 3.8) is 0 Å². The molecule has 0 unspecified atom stereocenters. The quantitative estimate of drug-likeness (QED) is 0.763. The first-order valence-corrected chi connectivity index (χ1v) is 7.44. The van der Waals surface area contributed by atoms with Crippen molar-refractivity contribution in [2.24, 2.45) is 0 Å². The number of ether oxygens (including phenoxy) is 2. The largest absolute Gasteiger partial charge is 0.490 e. The summed E-state index contributed by atoms with van der Waals surface area (Å²) in [5, 5.41) is 2.88. The molecule has 1 aliphatic heterocycles. The fourth-order valence-corrected chi connectivity index (χ4v) is 2.52. The van der Waals surface area contributed by atoms with E-state index in [2.05, 4.69) is 15.3 Å². The van der Waals surface area contributed by atoms with Crippen LogP contribution < -0.4 is 14.8 Å². The van der Waals surface area contributed by atoms with E-state index in [9.17, 15) is 4.79 Å². The molecule has 1 amide bonds. The Morgan fingerprint density at radius 3 is 2.87 bits per heavy atom. The number of aromatic nitrogens is 2. The molecule has 116 valence electrons. The maximum absolute atomic E-state index is 12.4. The van der Waals surface area contributed by atoms with Crippen LogP contribution in [0.5, 0.6) is 11.5 Å². The second-order valence-corrected chi connectivity index (χ2v) is 5.30. The maximum Gasteiger partial charge on any atom is 0.255 e. The number of anilines is 1. The molecule has 3 aromatic rings. The Hall–Kier alpha value is -3.02. The number of amides is 1. The van der Waals surface area contributed by atoms with E-state index < -0.39 is 0 Å². The molecule has 6 nitrogen and oxygen atoms in total. The third kappa shape index (κ3) is 2.70. The molecule has 0 fully saturated rings. The summed E-state index contributed by atoms with van der Waals surface area (Å²) in [6.45, 7) is 1.22. The van der Waals surface area contributed by atoms with E-state index in [-0.39, 0.29) is 5.91 Å². The molecular formula is C17H15N3O3. The first-order chi connectivity index (χ1) is 11.3. The van der Waals surface area contributed by atoms with Gasteiger partial charge < -0.3 is 19.8 Å². The lowest BCUT2D eigenvalue weighted by molar-refractivity contribution is 0.102. The van der Waals surface area contributed by atoms with Crippen LogP contribution in [0.3, 0.4) is 0 Å². The molecule has 1 aromatic heterocycles. The molecule has 0 radical (unpaired) electrons. The Labute approximate surface area is 132 Å². The number of carbonyl (C=O) groups excluding carboxylic acids is 1. The molecule has 2 aromatic carbocycles. The lowest BCUT2D eigenvalue weighted by Crippen LogP contribution is -2.12. The van der Waals surface area contributed by atoms with E-state index in [4.69, 9.17) is 9.47 Å². The molecule has 0 saturated heterocycles. The van der Waals surface area contributed by atoms with Crippen molar-refractivity contribution < 1.29 is 14.3 Å². The SMILES string of the molecule is O=C(Nc1ccc2nc[nH]c2c1)c1ccc2c(c1)OCCCO2. The Balaban J connectivity index is 1.57. The summed E-state index contributed by atoms with van der Waals surface area (Å²) in [6, 6.07) is 10.7. The minimum Gasteiger partial charge on any atom is -0.490 e. The van der Waals surface area contributed by atoms with Gasteiger partial charge in [0.05, 0.1) is 30.6 Å². The van der Waals surface area contributed by atoms with Crippen LogP contribution in [0.1, 0.15) is 16.8 Å². The highest BCUT2D eigenvalue weighted by molar-refractivity contribution is 6.05. The van der Waals surface area contributed by atoms with Crippen LogP contribution in [0.2, 0.25) is 0 Å². The number of aromatic amines is 1. The van der Waals surface area contributed by atoms with Gasteiger partial charge in [0.1, 0.15) is 0 Å². The lowest BCUT2D eigenvalue weighted by atomic mass is 10.1. The Morgan fingerprint density at radius 1 is 1.09 bits per heavy atom. The van der Waals surface area contributed by atoms with Crippen molar-refractivity contribution in [2.75, 3.05) is 18.5 Å².